The van der Waals surface area contributed by atoms with Crippen molar-refractivity contribution in [2.45, 2.75) is 52.7 Å². The minimum absolute atomic E-state index is 0.137. The summed E-state index contributed by atoms with van der Waals surface area (Å²) in [6.45, 7) is 8.56. The molecule has 3 heteroatoms. The Morgan fingerprint density at radius 2 is 2.00 bits per heavy atom. The van der Waals surface area contributed by atoms with Crippen molar-refractivity contribution in [2.75, 3.05) is 6.61 Å². The molecule has 0 aliphatic heterocycles. The van der Waals surface area contributed by atoms with Crippen LogP contribution in [-0.2, 0) is 9.53 Å². The van der Waals surface area contributed by atoms with Crippen LogP contribution in [0.5, 0.6) is 0 Å². The molecule has 1 amide bonds. The van der Waals surface area contributed by atoms with Crippen LogP contribution in [0.1, 0.15) is 40.5 Å². The largest absolute Gasteiger partial charge is 0.378 e. The SMILES string of the molecule is CCOC1CC(NC(=O)C(C)(C)C)C1. The van der Waals surface area contributed by atoms with E-state index in [9.17, 15) is 4.79 Å². The summed E-state index contributed by atoms with van der Waals surface area (Å²) >= 11 is 0. The minimum Gasteiger partial charge on any atom is -0.378 e. The molecule has 0 heterocycles. The molecule has 0 aromatic heterocycles. The van der Waals surface area contributed by atoms with E-state index in [1.807, 2.05) is 27.7 Å². The molecule has 1 aliphatic carbocycles. The molecule has 0 unspecified atom stereocenters. The Kier molecular flexibility index (Phi) is 3.53. The van der Waals surface area contributed by atoms with Crippen LogP contribution >= 0.6 is 0 Å². The zero-order valence-electron chi connectivity index (χ0n) is 9.59. The van der Waals surface area contributed by atoms with Crippen molar-refractivity contribution in [2.24, 2.45) is 5.41 Å². The van der Waals surface area contributed by atoms with Gasteiger partial charge in [-0.3, -0.25) is 4.79 Å². The number of rotatable bonds is 3. The van der Waals surface area contributed by atoms with Gasteiger partial charge in [0.15, 0.2) is 0 Å². The Labute approximate surface area is 86.2 Å². The number of nitrogens with one attached hydrogen (secondary N) is 1. The van der Waals surface area contributed by atoms with Gasteiger partial charge in [-0.2, -0.15) is 0 Å². The smallest absolute Gasteiger partial charge is 0.225 e. The molecular formula is C11H21NO2. The third kappa shape index (κ3) is 2.98. The molecule has 1 N–H and O–H groups in total. The molecule has 3 nitrogen and oxygen atoms in total. The lowest BCUT2D eigenvalue weighted by molar-refractivity contribution is -0.131. The Morgan fingerprint density at radius 1 is 1.43 bits per heavy atom. The normalized spacial score (nSPS) is 26.9. The van der Waals surface area contributed by atoms with Crippen LogP contribution in [0.4, 0.5) is 0 Å². The maximum atomic E-state index is 11.6. The molecule has 0 spiro atoms. The molecule has 0 aromatic rings. The summed E-state index contributed by atoms with van der Waals surface area (Å²) < 4.78 is 5.42. The first-order chi connectivity index (χ1) is 6.43. The summed E-state index contributed by atoms with van der Waals surface area (Å²) in [5.41, 5.74) is -0.281. The van der Waals surface area contributed by atoms with Crippen molar-refractivity contribution in [1.82, 2.24) is 5.32 Å². The molecule has 14 heavy (non-hydrogen) atoms. The van der Waals surface area contributed by atoms with Gasteiger partial charge in [0.2, 0.25) is 5.91 Å². The first-order valence-electron chi connectivity index (χ1n) is 5.36. The van der Waals surface area contributed by atoms with Crippen LogP contribution in [0, 0.1) is 5.41 Å². The molecule has 0 radical (unpaired) electrons. The zero-order valence-corrected chi connectivity index (χ0v) is 9.59. The van der Waals surface area contributed by atoms with E-state index in [0.29, 0.717) is 12.1 Å². The van der Waals surface area contributed by atoms with Crippen LogP contribution in [0.15, 0.2) is 0 Å². The maximum absolute atomic E-state index is 11.6. The molecule has 0 aromatic carbocycles. The van der Waals surface area contributed by atoms with Crippen molar-refractivity contribution in [3.8, 4) is 0 Å². The topological polar surface area (TPSA) is 38.3 Å². The van der Waals surface area contributed by atoms with Gasteiger partial charge in [0.1, 0.15) is 0 Å². The zero-order chi connectivity index (χ0) is 10.8. The second kappa shape index (κ2) is 4.30. The number of ether oxygens (including phenoxy) is 1. The standard InChI is InChI=1S/C11H21NO2/c1-5-14-9-6-8(7-9)12-10(13)11(2,3)4/h8-9H,5-7H2,1-4H3,(H,12,13). The highest BCUT2D eigenvalue weighted by molar-refractivity contribution is 5.81. The highest BCUT2D eigenvalue weighted by Crippen LogP contribution is 2.24. The third-order valence-corrected chi connectivity index (χ3v) is 2.51. The second-order valence-electron chi connectivity index (χ2n) is 4.97. The predicted molar refractivity (Wildman–Crippen MR) is 56.0 cm³/mol. The van der Waals surface area contributed by atoms with Gasteiger partial charge in [-0.05, 0) is 19.8 Å². The lowest BCUT2D eigenvalue weighted by Gasteiger charge is -2.36. The van der Waals surface area contributed by atoms with Crippen LogP contribution < -0.4 is 5.32 Å². The number of hydrogen-bond donors (Lipinski definition) is 1. The summed E-state index contributed by atoms with van der Waals surface area (Å²) in [5, 5.41) is 3.03. The minimum atomic E-state index is -0.281. The van der Waals surface area contributed by atoms with Crippen molar-refractivity contribution >= 4 is 5.91 Å². The number of hydrogen-bond acceptors (Lipinski definition) is 2. The van der Waals surface area contributed by atoms with Gasteiger partial charge in [0, 0.05) is 18.1 Å². The Balaban J connectivity index is 2.20. The Morgan fingerprint density at radius 3 is 2.43 bits per heavy atom. The predicted octanol–water partition coefficient (Wildman–Crippen LogP) is 1.72. The molecule has 1 fully saturated rings. The van der Waals surface area contributed by atoms with Crippen LogP contribution in [0.25, 0.3) is 0 Å². The molecule has 0 bridgehead atoms. The van der Waals surface area contributed by atoms with Gasteiger partial charge in [0.25, 0.3) is 0 Å². The molecule has 1 rings (SSSR count). The van der Waals surface area contributed by atoms with E-state index in [1.165, 1.54) is 0 Å². The van der Waals surface area contributed by atoms with Gasteiger partial charge >= 0.3 is 0 Å². The average Bonchev–Trinajstić information content (AvgIpc) is 1.98. The highest BCUT2D eigenvalue weighted by atomic mass is 16.5. The van der Waals surface area contributed by atoms with Crippen LogP contribution in [0.3, 0.4) is 0 Å². The number of carbonyl (C=O) groups is 1. The van der Waals surface area contributed by atoms with Crippen LogP contribution in [-0.4, -0.2) is 24.7 Å². The number of amides is 1. The van der Waals surface area contributed by atoms with E-state index in [-0.39, 0.29) is 11.3 Å². The van der Waals surface area contributed by atoms with Crippen molar-refractivity contribution in [3.05, 3.63) is 0 Å². The fourth-order valence-electron chi connectivity index (χ4n) is 1.46. The summed E-state index contributed by atoms with van der Waals surface area (Å²) in [6, 6.07) is 0.332. The molecule has 82 valence electrons. The van der Waals surface area contributed by atoms with Gasteiger partial charge in [0.05, 0.1) is 6.10 Å². The van der Waals surface area contributed by atoms with E-state index in [0.717, 1.165) is 19.4 Å². The summed E-state index contributed by atoms with van der Waals surface area (Å²) in [5.74, 6) is 0.137. The maximum Gasteiger partial charge on any atom is 0.225 e. The first kappa shape index (κ1) is 11.5. The Hall–Kier alpha value is -0.570. The van der Waals surface area contributed by atoms with E-state index >= 15 is 0 Å². The lowest BCUT2D eigenvalue weighted by Crippen LogP contribution is -2.50. The summed E-state index contributed by atoms with van der Waals surface area (Å²) in [6.07, 6.45) is 2.30. The van der Waals surface area contributed by atoms with E-state index in [2.05, 4.69) is 5.32 Å². The van der Waals surface area contributed by atoms with E-state index in [1.54, 1.807) is 0 Å². The lowest BCUT2D eigenvalue weighted by atomic mass is 9.87. The fourth-order valence-corrected chi connectivity index (χ4v) is 1.46. The third-order valence-electron chi connectivity index (χ3n) is 2.51. The second-order valence-corrected chi connectivity index (χ2v) is 4.97. The van der Waals surface area contributed by atoms with Crippen molar-refractivity contribution in [1.29, 1.82) is 0 Å². The molecule has 0 atom stereocenters. The highest BCUT2D eigenvalue weighted by Gasteiger charge is 2.33. The average molecular weight is 199 g/mol. The number of carbonyl (C=O) groups excluding carboxylic acids is 1. The van der Waals surface area contributed by atoms with E-state index < -0.39 is 0 Å². The van der Waals surface area contributed by atoms with Crippen molar-refractivity contribution < 1.29 is 9.53 Å². The van der Waals surface area contributed by atoms with Crippen LogP contribution in [0.2, 0.25) is 0 Å². The fraction of sp³-hybridized carbons (Fsp3) is 0.909. The molecular weight excluding hydrogens is 178 g/mol. The first-order valence-corrected chi connectivity index (χ1v) is 5.36. The molecule has 1 aliphatic rings. The van der Waals surface area contributed by atoms with Crippen molar-refractivity contribution in [3.63, 3.8) is 0 Å². The Bertz CT molecular complexity index is 202. The van der Waals surface area contributed by atoms with Gasteiger partial charge in [-0.25, -0.2) is 0 Å². The summed E-state index contributed by atoms with van der Waals surface area (Å²) in [4.78, 5) is 11.6. The molecule has 0 saturated heterocycles. The van der Waals surface area contributed by atoms with Gasteiger partial charge < -0.3 is 10.1 Å². The monoisotopic (exact) mass is 199 g/mol. The van der Waals surface area contributed by atoms with Gasteiger partial charge in [-0.15, -0.1) is 0 Å². The summed E-state index contributed by atoms with van der Waals surface area (Å²) in [7, 11) is 0. The van der Waals surface area contributed by atoms with Gasteiger partial charge in [-0.1, -0.05) is 20.8 Å². The van der Waals surface area contributed by atoms with E-state index in [4.69, 9.17) is 4.74 Å². The molecule has 1 saturated carbocycles. The quantitative estimate of drug-likeness (QED) is 0.751.